The average molecular weight is 734 g/mol. The first kappa shape index (κ1) is 34.0. The van der Waals surface area contributed by atoms with Crippen molar-refractivity contribution in [3.8, 4) is 33.7 Å². The molecule has 10 aromatic rings. The van der Waals surface area contributed by atoms with Gasteiger partial charge in [0.15, 0.2) is 5.75 Å². The van der Waals surface area contributed by atoms with Crippen LogP contribution in [0.3, 0.4) is 0 Å². The SMILES string of the molecule is Nc1ccc2c(-c3ccc(N(c4ccc5c6ccccc6n(-c6ccccc6)c5c4)c4ccccc4-c4ccccc4)cc3)cccc2c1OCc1ccccc1. The van der Waals surface area contributed by atoms with Crippen LogP contribution in [0.5, 0.6) is 5.75 Å². The molecule has 272 valence electrons. The Labute approximate surface area is 332 Å². The molecule has 0 bridgehead atoms. The number of aromatic nitrogens is 1. The molecular weight excluding hydrogens is 695 g/mol. The highest BCUT2D eigenvalue weighted by Gasteiger charge is 2.20. The van der Waals surface area contributed by atoms with E-state index in [-0.39, 0.29) is 0 Å². The largest absolute Gasteiger partial charge is 0.486 e. The maximum atomic E-state index is 6.52. The lowest BCUT2D eigenvalue weighted by atomic mass is 9.96. The van der Waals surface area contributed by atoms with Crippen molar-refractivity contribution >= 4 is 55.3 Å². The number of ether oxygens (including phenoxy) is 1. The number of rotatable bonds is 9. The van der Waals surface area contributed by atoms with Crippen LogP contribution in [0.4, 0.5) is 22.7 Å². The fourth-order valence-corrected chi connectivity index (χ4v) is 8.19. The topological polar surface area (TPSA) is 43.4 Å². The van der Waals surface area contributed by atoms with Gasteiger partial charge in [-0.3, -0.25) is 0 Å². The predicted octanol–water partition coefficient (Wildman–Crippen LogP) is 13.9. The van der Waals surface area contributed by atoms with Crippen LogP contribution in [-0.2, 0) is 6.61 Å². The highest BCUT2D eigenvalue weighted by molar-refractivity contribution is 6.10. The zero-order chi connectivity index (χ0) is 38.1. The first-order valence-electron chi connectivity index (χ1n) is 19.3. The molecule has 0 saturated carbocycles. The minimum absolute atomic E-state index is 0.446. The number of benzene rings is 9. The zero-order valence-electron chi connectivity index (χ0n) is 31.3. The molecule has 57 heavy (non-hydrogen) atoms. The van der Waals surface area contributed by atoms with Gasteiger partial charge in [0, 0.05) is 38.8 Å². The first-order chi connectivity index (χ1) is 28.2. The molecule has 0 fully saturated rings. The Morgan fingerprint density at radius 3 is 1.84 bits per heavy atom. The second-order valence-electron chi connectivity index (χ2n) is 14.3. The molecule has 0 amide bonds. The van der Waals surface area contributed by atoms with E-state index in [1.54, 1.807) is 0 Å². The van der Waals surface area contributed by atoms with Crippen molar-refractivity contribution < 1.29 is 4.74 Å². The van der Waals surface area contributed by atoms with E-state index in [2.05, 4.69) is 198 Å². The third-order valence-corrected chi connectivity index (χ3v) is 10.9. The molecule has 2 N–H and O–H groups in total. The monoisotopic (exact) mass is 733 g/mol. The number of hydrogen-bond acceptors (Lipinski definition) is 3. The minimum Gasteiger partial charge on any atom is -0.486 e. The Hall–Kier alpha value is -7.56. The van der Waals surface area contributed by atoms with Gasteiger partial charge >= 0.3 is 0 Å². The molecule has 9 aromatic carbocycles. The van der Waals surface area contributed by atoms with Gasteiger partial charge in [0.1, 0.15) is 6.61 Å². The molecule has 0 atom stereocenters. The summed E-state index contributed by atoms with van der Waals surface area (Å²) in [6.45, 7) is 0.446. The van der Waals surface area contributed by atoms with E-state index in [1.807, 2.05) is 24.3 Å². The molecule has 1 heterocycles. The summed E-state index contributed by atoms with van der Waals surface area (Å²) >= 11 is 0. The van der Waals surface area contributed by atoms with Gasteiger partial charge < -0.3 is 19.9 Å². The van der Waals surface area contributed by atoms with Crippen molar-refractivity contribution in [2.24, 2.45) is 0 Å². The van der Waals surface area contributed by atoms with Gasteiger partial charge in [-0.15, -0.1) is 0 Å². The van der Waals surface area contributed by atoms with E-state index in [1.165, 1.54) is 16.3 Å². The van der Waals surface area contributed by atoms with Crippen LogP contribution in [0.2, 0.25) is 0 Å². The van der Waals surface area contributed by atoms with Crippen molar-refractivity contribution in [1.82, 2.24) is 4.57 Å². The summed E-state index contributed by atoms with van der Waals surface area (Å²) in [5.41, 5.74) is 19.5. The maximum absolute atomic E-state index is 6.52. The van der Waals surface area contributed by atoms with Crippen LogP contribution in [0.1, 0.15) is 5.56 Å². The van der Waals surface area contributed by atoms with Crippen LogP contribution in [-0.4, -0.2) is 4.57 Å². The molecule has 0 unspecified atom stereocenters. The lowest BCUT2D eigenvalue weighted by Crippen LogP contribution is -2.11. The number of hydrogen-bond donors (Lipinski definition) is 1. The Balaban J connectivity index is 1.11. The Morgan fingerprint density at radius 1 is 0.439 bits per heavy atom. The van der Waals surface area contributed by atoms with Gasteiger partial charge in [0.05, 0.1) is 22.4 Å². The molecule has 4 heteroatoms. The number of fused-ring (bicyclic) bond motifs is 4. The molecule has 0 aliphatic carbocycles. The van der Waals surface area contributed by atoms with Crippen molar-refractivity contribution in [3.05, 3.63) is 218 Å². The van der Waals surface area contributed by atoms with E-state index in [0.717, 1.165) is 66.9 Å². The van der Waals surface area contributed by atoms with Crippen molar-refractivity contribution in [2.45, 2.75) is 6.61 Å². The van der Waals surface area contributed by atoms with Gasteiger partial charge in [-0.25, -0.2) is 0 Å². The van der Waals surface area contributed by atoms with E-state index in [4.69, 9.17) is 10.5 Å². The van der Waals surface area contributed by atoms with Crippen LogP contribution in [0.25, 0.3) is 60.5 Å². The normalized spacial score (nSPS) is 11.3. The second kappa shape index (κ2) is 14.6. The van der Waals surface area contributed by atoms with Crippen molar-refractivity contribution in [3.63, 3.8) is 0 Å². The average Bonchev–Trinajstić information content (AvgIpc) is 3.61. The highest BCUT2D eigenvalue weighted by Crippen LogP contribution is 2.44. The van der Waals surface area contributed by atoms with Crippen LogP contribution in [0.15, 0.2) is 212 Å². The Morgan fingerprint density at radius 2 is 1.04 bits per heavy atom. The number of nitrogens with zero attached hydrogens (tertiary/aromatic N) is 2. The van der Waals surface area contributed by atoms with Crippen LogP contribution < -0.4 is 15.4 Å². The quantitative estimate of drug-likeness (QED) is 0.150. The highest BCUT2D eigenvalue weighted by atomic mass is 16.5. The summed E-state index contributed by atoms with van der Waals surface area (Å²) in [5.74, 6) is 0.710. The third-order valence-electron chi connectivity index (χ3n) is 10.9. The number of anilines is 4. The molecule has 4 nitrogen and oxygen atoms in total. The molecular formula is C53H39N3O. The molecule has 0 saturated heterocycles. The molecule has 1 aromatic heterocycles. The molecule has 0 aliphatic rings. The number of nitrogen functional groups attached to an aromatic ring is 1. The van der Waals surface area contributed by atoms with Crippen molar-refractivity contribution in [1.29, 1.82) is 0 Å². The Kier molecular flexibility index (Phi) is 8.69. The summed E-state index contributed by atoms with van der Waals surface area (Å²) in [6.07, 6.45) is 0. The fourth-order valence-electron chi connectivity index (χ4n) is 8.19. The fraction of sp³-hybridized carbons (Fsp3) is 0.0189. The van der Waals surface area contributed by atoms with Gasteiger partial charge in [0.2, 0.25) is 0 Å². The third kappa shape index (κ3) is 6.24. The lowest BCUT2D eigenvalue weighted by molar-refractivity contribution is 0.312. The molecule has 10 rings (SSSR count). The number of para-hydroxylation sites is 3. The summed E-state index contributed by atoms with van der Waals surface area (Å²) in [6, 6.07) is 75.0. The zero-order valence-corrected chi connectivity index (χ0v) is 31.3. The minimum atomic E-state index is 0.446. The van der Waals surface area contributed by atoms with E-state index in [0.29, 0.717) is 18.0 Å². The first-order valence-corrected chi connectivity index (χ1v) is 19.3. The Bertz CT molecular complexity index is 3010. The summed E-state index contributed by atoms with van der Waals surface area (Å²) in [4.78, 5) is 2.39. The molecule has 0 radical (unpaired) electrons. The predicted molar refractivity (Wildman–Crippen MR) is 239 cm³/mol. The summed E-state index contributed by atoms with van der Waals surface area (Å²) < 4.78 is 8.75. The van der Waals surface area contributed by atoms with Gasteiger partial charge in [-0.2, -0.15) is 0 Å². The molecule has 0 spiro atoms. The van der Waals surface area contributed by atoms with E-state index in [9.17, 15) is 0 Å². The van der Waals surface area contributed by atoms with Gasteiger partial charge in [-0.05, 0) is 82.2 Å². The van der Waals surface area contributed by atoms with Crippen molar-refractivity contribution in [2.75, 3.05) is 10.6 Å². The standard InChI is InChI=1S/C53H39N3O/c54-49-34-33-45-43(23-14-24-48(45)53(49)57-36-37-15-4-1-5-16-37)39-27-29-41(30-28-39)55(50-25-12-10-21-44(50)38-17-6-2-7-18-38)42-31-32-47-46-22-11-13-26-51(46)56(52(47)35-42)40-19-8-3-9-20-40/h1-35H,36,54H2. The second-order valence-corrected chi connectivity index (χ2v) is 14.3. The van der Waals surface area contributed by atoms with E-state index >= 15 is 0 Å². The maximum Gasteiger partial charge on any atom is 0.150 e. The smallest absolute Gasteiger partial charge is 0.150 e. The van der Waals surface area contributed by atoms with Crippen LogP contribution >= 0.6 is 0 Å². The van der Waals surface area contributed by atoms with E-state index < -0.39 is 0 Å². The number of nitrogens with two attached hydrogens (primary N) is 1. The summed E-state index contributed by atoms with van der Waals surface area (Å²) in [5, 5.41) is 4.53. The van der Waals surface area contributed by atoms with Gasteiger partial charge in [-0.1, -0.05) is 158 Å². The van der Waals surface area contributed by atoms with Gasteiger partial charge in [0.25, 0.3) is 0 Å². The van der Waals surface area contributed by atoms with Crippen LogP contribution in [0, 0.1) is 0 Å². The summed E-state index contributed by atoms with van der Waals surface area (Å²) in [7, 11) is 0. The molecule has 0 aliphatic heterocycles. The lowest BCUT2D eigenvalue weighted by Gasteiger charge is -2.28.